The van der Waals surface area contributed by atoms with Gasteiger partial charge in [-0.1, -0.05) is 18.1 Å². The SMILES string of the molecule is Cc1cccc(F)c1C#CC=O. The Kier molecular flexibility index (Phi) is 2.60. The van der Waals surface area contributed by atoms with Crippen molar-refractivity contribution < 1.29 is 9.18 Å². The summed E-state index contributed by atoms with van der Waals surface area (Å²) in [5.41, 5.74) is 1.04. The highest BCUT2D eigenvalue weighted by molar-refractivity contribution is 5.74. The molecule has 0 bridgehead atoms. The second kappa shape index (κ2) is 3.68. The molecule has 0 radical (unpaired) electrons. The lowest BCUT2D eigenvalue weighted by atomic mass is 10.1. The molecule has 1 aromatic carbocycles. The Hall–Kier alpha value is -1.62. The zero-order valence-corrected chi connectivity index (χ0v) is 6.60. The van der Waals surface area contributed by atoms with Crippen LogP contribution < -0.4 is 0 Å². The Morgan fingerprint density at radius 2 is 2.25 bits per heavy atom. The van der Waals surface area contributed by atoms with Crippen molar-refractivity contribution in [3.63, 3.8) is 0 Å². The molecule has 1 aromatic rings. The van der Waals surface area contributed by atoms with E-state index in [0.29, 0.717) is 11.8 Å². The number of halogens is 1. The maximum Gasteiger partial charge on any atom is 0.193 e. The van der Waals surface area contributed by atoms with Crippen LogP contribution in [0.2, 0.25) is 0 Å². The fourth-order valence-corrected chi connectivity index (χ4v) is 0.892. The van der Waals surface area contributed by atoms with Crippen LogP contribution in [0.3, 0.4) is 0 Å². The average Bonchev–Trinajstić information content (AvgIpc) is 2.04. The molecule has 0 aliphatic heterocycles. The number of carbonyl (C=O) groups is 1. The molecule has 2 heteroatoms. The summed E-state index contributed by atoms with van der Waals surface area (Å²) in [5, 5.41) is 0. The van der Waals surface area contributed by atoms with E-state index >= 15 is 0 Å². The van der Waals surface area contributed by atoms with Gasteiger partial charge in [0.1, 0.15) is 5.82 Å². The second-order valence-corrected chi connectivity index (χ2v) is 2.32. The standard InChI is InChI=1S/C10H7FO/c1-8-4-2-6-10(11)9(8)5-3-7-12/h2,4,6-7H,1H3. The monoisotopic (exact) mass is 162 g/mol. The van der Waals surface area contributed by atoms with Crippen LogP contribution >= 0.6 is 0 Å². The molecule has 60 valence electrons. The van der Waals surface area contributed by atoms with Gasteiger partial charge in [-0.25, -0.2) is 4.39 Å². The molecule has 0 aliphatic rings. The van der Waals surface area contributed by atoms with E-state index in [0.717, 1.165) is 5.56 Å². The van der Waals surface area contributed by atoms with E-state index in [2.05, 4.69) is 11.8 Å². The molecule has 0 unspecified atom stereocenters. The molecule has 0 heterocycles. The number of carbonyl (C=O) groups excluding carboxylic acids is 1. The van der Waals surface area contributed by atoms with Crippen LogP contribution in [-0.4, -0.2) is 6.29 Å². The number of aldehydes is 1. The summed E-state index contributed by atoms with van der Waals surface area (Å²) in [5.74, 6) is 4.23. The first-order valence-electron chi connectivity index (χ1n) is 3.46. The molecular formula is C10H7FO. The van der Waals surface area contributed by atoms with E-state index < -0.39 is 0 Å². The van der Waals surface area contributed by atoms with Crippen LogP contribution in [0.25, 0.3) is 0 Å². The van der Waals surface area contributed by atoms with Gasteiger partial charge in [-0.3, -0.25) is 4.79 Å². The molecule has 1 rings (SSSR count). The van der Waals surface area contributed by atoms with Gasteiger partial charge < -0.3 is 0 Å². The molecule has 0 atom stereocenters. The fraction of sp³-hybridized carbons (Fsp3) is 0.100. The van der Waals surface area contributed by atoms with Crippen LogP contribution in [-0.2, 0) is 4.79 Å². The minimum absolute atomic E-state index is 0.296. The highest BCUT2D eigenvalue weighted by Crippen LogP contribution is 2.10. The maximum atomic E-state index is 13.0. The van der Waals surface area contributed by atoms with Crippen molar-refractivity contribution in [2.75, 3.05) is 0 Å². The summed E-state index contributed by atoms with van der Waals surface area (Å²) in [6.45, 7) is 1.75. The van der Waals surface area contributed by atoms with E-state index in [-0.39, 0.29) is 5.82 Å². The number of rotatable bonds is 0. The molecule has 0 aliphatic carbocycles. The third-order valence-electron chi connectivity index (χ3n) is 1.48. The minimum atomic E-state index is -0.385. The molecule has 12 heavy (non-hydrogen) atoms. The zero-order valence-electron chi connectivity index (χ0n) is 6.60. The Labute approximate surface area is 70.2 Å². The van der Waals surface area contributed by atoms with E-state index in [4.69, 9.17) is 0 Å². The molecule has 0 saturated carbocycles. The van der Waals surface area contributed by atoms with E-state index in [1.165, 1.54) is 6.07 Å². The van der Waals surface area contributed by atoms with Gasteiger partial charge in [0.05, 0.1) is 5.56 Å². The molecule has 1 nitrogen and oxygen atoms in total. The van der Waals surface area contributed by atoms with Gasteiger partial charge in [-0.05, 0) is 24.5 Å². The molecule has 0 fully saturated rings. The molecule has 0 N–H and O–H groups in total. The fourth-order valence-electron chi connectivity index (χ4n) is 0.892. The smallest absolute Gasteiger partial charge is 0.193 e. The van der Waals surface area contributed by atoms with Gasteiger partial charge in [0.25, 0.3) is 0 Å². The van der Waals surface area contributed by atoms with Crippen molar-refractivity contribution in [3.05, 3.63) is 35.1 Å². The number of benzene rings is 1. The molecule has 0 aromatic heterocycles. The number of aryl methyl sites for hydroxylation is 1. The largest absolute Gasteiger partial charge is 0.289 e. The average molecular weight is 162 g/mol. The Bertz CT molecular complexity index is 338. The number of hydrogen-bond donors (Lipinski definition) is 0. The van der Waals surface area contributed by atoms with Gasteiger partial charge in [-0.2, -0.15) is 0 Å². The van der Waals surface area contributed by atoms with E-state index in [1.54, 1.807) is 19.1 Å². The Balaban J connectivity index is 3.21. The first-order chi connectivity index (χ1) is 5.75. The van der Waals surface area contributed by atoms with Crippen molar-refractivity contribution in [2.24, 2.45) is 0 Å². The lowest BCUT2D eigenvalue weighted by Crippen LogP contribution is -1.87. The summed E-state index contributed by atoms with van der Waals surface area (Å²) in [7, 11) is 0. The van der Waals surface area contributed by atoms with Gasteiger partial charge >= 0.3 is 0 Å². The zero-order chi connectivity index (χ0) is 8.97. The van der Waals surface area contributed by atoms with Crippen molar-refractivity contribution in [1.82, 2.24) is 0 Å². The molecule has 0 amide bonds. The van der Waals surface area contributed by atoms with Crippen molar-refractivity contribution in [3.8, 4) is 11.8 Å². The molecule has 0 spiro atoms. The molecular weight excluding hydrogens is 155 g/mol. The Morgan fingerprint density at radius 3 is 2.83 bits per heavy atom. The maximum absolute atomic E-state index is 13.0. The van der Waals surface area contributed by atoms with Crippen LogP contribution in [0.15, 0.2) is 18.2 Å². The first kappa shape index (κ1) is 8.48. The van der Waals surface area contributed by atoms with Gasteiger partial charge in [0.2, 0.25) is 0 Å². The van der Waals surface area contributed by atoms with Gasteiger partial charge in [0.15, 0.2) is 6.29 Å². The van der Waals surface area contributed by atoms with Gasteiger partial charge in [0, 0.05) is 0 Å². The Morgan fingerprint density at radius 1 is 1.50 bits per heavy atom. The quantitative estimate of drug-likeness (QED) is 0.419. The first-order valence-corrected chi connectivity index (χ1v) is 3.46. The predicted octanol–water partition coefficient (Wildman–Crippen LogP) is 1.68. The topological polar surface area (TPSA) is 17.1 Å². The lowest BCUT2D eigenvalue weighted by molar-refractivity contribution is -0.103. The third-order valence-corrected chi connectivity index (χ3v) is 1.48. The summed E-state index contributed by atoms with van der Waals surface area (Å²) in [4.78, 5) is 9.90. The van der Waals surface area contributed by atoms with Crippen LogP contribution in [0.5, 0.6) is 0 Å². The summed E-state index contributed by atoms with van der Waals surface area (Å²) >= 11 is 0. The van der Waals surface area contributed by atoms with E-state index in [9.17, 15) is 9.18 Å². The van der Waals surface area contributed by atoms with Crippen LogP contribution in [0.1, 0.15) is 11.1 Å². The van der Waals surface area contributed by atoms with Crippen molar-refractivity contribution in [2.45, 2.75) is 6.92 Å². The van der Waals surface area contributed by atoms with Crippen LogP contribution in [0.4, 0.5) is 4.39 Å². The summed E-state index contributed by atoms with van der Waals surface area (Å²) in [6.07, 6.45) is 0.450. The third kappa shape index (κ3) is 1.70. The second-order valence-electron chi connectivity index (χ2n) is 2.32. The lowest BCUT2D eigenvalue weighted by Gasteiger charge is -1.97. The summed E-state index contributed by atoms with van der Waals surface area (Å²) in [6, 6.07) is 4.68. The normalized spacial score (nSPS) is 8.50. The highest BCUT2D eigenvalue weighted by Gasteiger charge is 1.99. The summed E-state index contributed by atoms with van der Waals surface area (Å²) < 4.78 is 13.0. The van der Waals surface area contributed by atoms with Crippen LogP contribution in [0, 0.1) is 24.6 Å². The van der Waals surface area contributed by atoms with Crippen molar-refractivity contribution >= 4 is 6.29 Å². The highest BCUT2D eigenvalue weighted by atomic mass is 19.1. The molecule has 0 saturated heterocycles. The predicted molar refractivity (Wildman–Crippen MR) is 44.1 cm³/mol. The minimum Gasteiger partial charge on any atom is -0.289 e. The van der Waals surface area contributed by atoms with Crippen molar-refractivity contribution in [1.29, 1.82) is 0 Å². The number of hydrogen-bond acceptors (Lipinski definition) is 1. The van der Waals surface area contributed by atoms with Gasteiger partial charge in [-0.15, -0.1) is 0 Å². The van der Waals surface area contributed by atoms with E-state index in [1.807, 2.05) is 0 Å².